The molecule has 0 unspecified atom stereocenters. The molecular weight excluding hydrogens is 306 g/mol. The van der Waals surface area contributed by atoms with E-state index in [1.165, 1.54) is 6.07 Å². The number of hydrogen-bond acceptors (Lipinski definition) is 4. The normalized spacial score (nSPS) is 14.9. The molecule has 0 radical (unpaired) electrons. The maximum Gasteiger partial charge on any atom is 0.281 e. The summed E-state index contributed by atoms with van der Waals surface area (Å²) in [5, 5.41) is 11.8. The highest BCUT2D eigenvalue weighted by molar-refractivity contribution is 5.86. The Hall–Kier alpha value is -3.28. The first-order valence-electron chi connectivity index (χ1n) is 7.59. The quantitative estimate of drug-likeness (QED) is 0.536. The molecule has 2 heterocycles. The Labute approximate surface area is 136 Å². The maximum atomic E-state index is 12.3. The summed E-state index contributed by atoms with van der Waals surface area (Å²) >= 11 is 0. The van der Waals surface area contributed by atoms with Crippen LogP contribution in [0.3, 0.4) is 0 Å². The third-order valence-corrected chi connectivity index (χ3v) is 4.24. The number of aromatic nitrogens is 2. The van der Waals surface area contributed by atoms with Crippen molar-refractivity contribution in [3.8, 4) is 0 Å². The third kappa shape index (κ3) is 2.20. The highest BCUT2D eigenvalue weighted by Gasteiger charge is 2.21. The van der Waals surface area contributed by atoms with E-state index in [1.54, 1.807) is 30.3 Å². The van der Waals surface area contributed by atoms with Crippen molar-refractivity contribution in [2.24, 2.45) is 0 Å². The molecule has 6 heteroatoms. The number of allylic oxidation sites excluding steroid dienone is 1. The van der Waals surface area contributed by atoms with Crippen LogP contribution in [0, 0.1) is 10.1 Å². The van der Waals surface area contributed by atoms with Crippen LogP contribution in [0.25, 0.3) is 22.6 Å². The molecule has 24 heavy (non-hydrogen) atoms. The van der Waals surface area contributed by atoms with Gasteiger partial charge < -0.3 is 4.57 Å². The fourth-order valence-corrected chi connectivity index (χ4v) is 3.14. The van der Waals surface area contributed by atoms with Gasteiger partial charge in [-0.15, -0.1) is 0 Å². The van der Waals surface area contributed by atoms with Crippen LogP contribution in [0.2, 0.25) is 0 Å². The van der Waals surface area contributed by atoms with Crippen molar-refractivity contribution in [2.75, 3.05) is 0 Å². The van der Waals surface area contributed by atoms with E-state index in [9.17, 15) is 14.9 Å². The van der Waals surface area contributed by atoms with Crippen LogP contribution in [0.4, 0.5) is 5.69 Å². The van der Waals surface area contributed by atoms with Gasteiger partial charge in [-0.25, -0.2) is 0 Å². The molecule has 1 aliphatic rings. The second-order valence-corrected chi connectivity index (χ2v) is 5.64. The average Bonchev–Trinajstić information content (AvgIpc) is 2.98. The predicted molar refractivity (Wildman–Crippen MR) is 91.6 cm³/mol. The van der Waals surface area contributed by atoms with E-state index in [0.717, 1.165) is 11.1 Å². The van der Waals surface area contributed by atoms with Crippen LogP contribution in [-0.2, 0) is 6.54 Å². The van der Waals surface area contributed by atoms with Gasteiger partial charge >= 0.3 is 0 Å². The van der Waals surface area contributed by atoms with Gasteiger partial charge in [-0.3, -0.25) is 14.9 Å². The van der Waals surface area contributed by atoms with Gasteiger partial charge in [0, 0.05) is 12.6 Å². The summed E-state index contributed by atoms with van der Waals surface area (Å²) in [4.78, 5) is 27.2. The summed E-state index contributed by atoms with van der Waals surface area (Å²) in [5.41, 5.74) is 1.98. The van der Waals surface area contributed by atoms with Gasteiger partial charge in [0.05, 0.1) is 21.4 Å². The Bertz CT molecular complexity index is 1070. The molecule has 0 spiro atoms. The highest BCUT2D eigenvalue weighted by Crippen LogP contribution is 2.31. The van der Waals surface area contributed by atoms with Crippen LogP contribution < -0.4 is 5.56 Å². The molecule has 1 aliphatic heterocycles. The lowest BCUT2D eigenvalue weighted by Crippen LogP contribution is -2.14. The SMILES string of the molecule is O=c1nc2n(c3ccccc13)CC/C2=C/c1ccccc1[N+](=O)[O-]. The number of hydrogen-bond donors (Lipinski definition) is 0. The first kappa shape index (κ1) is 14.3. The van der Waals surface area contributed by atoms with E-state index >= 15 is 0 Å². The molecule has 2 aromatic carbocycles. The number of nitro groups is 1. The van der Waals surface area contributed by atoms with E-state index in [-0.39, 0.29) is 11.2 Å². The van der Waals surface area contributed by atoms with Crippen LogP contribution >= 0.6 is 0 Å². The molecule has 0 bridgehead atoms. The van der Waals surface area contributed by atoms with E-state index in [1.807, 2.05) is 22.8 Å². The fraction of sp³-hybridized carbons (Fsp3) is 0.111. The Balaban J connectivity index is 1.92. The lowest BCUT2D eigenvalue weighted by atomic mass is 10.1. The monoisotopic (exact) mass is 319 g/mol. The van der Waals surface area contributed by atoms with E-state index < -0.39 is 4.92 Å². The van der Waals surface area contributed by atoms with Gasteiger partial charge in [0.25, 0.3) is 11.2 Å². The van der Waals surface area contributed by atoms with Crippen molar-refractivity contribution < 1.29 is 4.92 Å². The largest absolute Gasteiger partial charge is 0.325 e. The number of benzene rings is 2. The van der Waals surface area contributed by atoms with Gasteiger partial charge in [0.2, 0.25) is 0 Å². The lowest BCUT2D eigenvalue weighted by molar-refractivity contribution is -0.385. The number of nitro benzene ring substituents is 1. The van der Waals surface area contributed by atoms with Crippen molar-refractivity contribution in [3.05, 3.63) is 80.4 Å². The van der Waals surface area contributed by atoms with Crippen molar-refractivity contribution in [2.45, 2.75) is 13.0 Å². The summed E-state index contributed by atoms with van der Waals surface area (Å²) in [6.45, 7) is 0.704. The summed E-state index contributed by atoms with van der Waals surface area (Å²) in [5.74, 6) is 0.594. The molecule has 0 N–H and O–H groups in total. The average molecular weight is 319 g/mol. The first-order chi connectivity index (χ1) is 11.6. The summed E-state index contributed by atoms with van der Waals surface area (Å²) in [7, 11) is 0. The molecule has 6 nitrogen and oxygen atoms in total. The molecule has 0 fully saturated rings. The molecule has 0 aliphatic carbocycles. The van der Waals surface area contributed by atoms with Crippen LogP contribution in [0.5, 0.6) is 0 Å². The molecule has 1 aromatic heterocycles. The van der Waals surface area contributed by atoms with E-state index in [0.29, 0.717) is 29.7 Å². The zero-order valence-corrected chi connectivity index (χ0v) is 12.7. The molecule has 0 saturated heterocycles. The Morgan fingerprint density at radius 1 is 1.12 bits per heavy atom. The van der Waals surface area contributed by atoms with Gasteiger partial charge in [0.15, 0.2) is 0 Å². The second-order valence-electron chi connectivity index (χ2n) is 5.64. The van der Waals surface area contributed by atoms with Crippen LogP contribution in [-0.4, -0.2) is 14.5 Å². The Morgan fingerprint density at radius 3 is 2.71 bits per heavy atom. The summed E-state index contributed by atoms with van der Waals surface area (Å²) in [6.07, 6.45) is 2.45. The molecule has 0 atom stereocenters. The first-order valence-corrected chi connectivity index (χ1v) is 7.59. The molecule has 4 rings (SSSR count). The smallest absolute Gasteiger partial charge is 0.281 e. The van der Waals surface area contributed by atoms with E-state index in [2.05, 4.69) is 4.98 Å². The van der Waals surface area contributed by atoms with Gasteiger partial charge in [-0.05, 0) is 36.3 Å². The van der Waals surface area contributed by atoms with E-state index in [4.69, 9.17) is 0 Å². The number of nitrogens with zero attached hydrogens (tertiary/aromatic N) is 3. The molecule has 3 aromatic rings. The third-order valence-electron chi connectivity index (χ3n) is 4.24. The molecule has 0 amide bonds. The zero-order valence-electron chi connectivity index (χ0n) is 12.7. The summed E-state index contributed by atoms with van der Waals surface area (Å²) in [6, 6.07) is 13.9. The molecular formula is C18H13N3O3. The van der Waals surface area contributed by atoms with Crippen molar-refractivity contribution in [1.82, 2.24) is 9.55 Å². The van der Waals surface area contributed by atoms with Crippen LogP contribution in [0.1, 0.15) is 17.8 Å². The van der Waals surface area contributed by atoms with Gasteiger partial charge in [-0.2, -0.15) is 4.98 Å². The topological polar surface area (TPSA) is 78.0 Å². The van der Waals surface area contributed by atoms with Gasteiger partial charge in [0.1, 0.15) is 5.82 Å². The number of fused-ring (bicyclic) bond motifs is 3. The Kier molecular flexibility index (Phi) is 3.23. The van der Waals surface area contributed by atoms with Crippen molar-refractivity contribution >= 4 is 28.2 Å². The second kappa shape index (κ2) is 5.42. The van der Waals surface area contributed by atoms with Crippen molar-refractivity contribution in [3.63, 3.8) is 0 Å². The highest BCUT2D eigenvalue weighted by atomic mass is 16.6. The molecule has 0 saturated carbocycles. The van der Waals surface area contributed by atoms with Gasteiger partial charge in [-0.1, -0.05) is 24.3 Å². The lowest BCUT2D eigenvalue weighted by Gasteiger charge is -2.07. The van der Waals surface area contributed by atoms with Crippen molar-refractivity contribution in [1.29, 1.82) is 0 Å². The minimum Gasteiger partial charge on any atom is -0.325 e. The van der Waals surface area contributed by atoms with Crippen LogP contribution in [0.15, 0.2) is 53.3 Å². The molecule has 118 valence electrons. The number of aryl methyl sites for hydroxylation is 1. The zero-order chi connectivity index (χ0) is 16.7. The minimum atomic E-state index is -0.401. The standard InChI is InChI=1S/C18H13N3O3/c22-18-14-6-2-4-8-16(14)20-10-9-13(17(20)19-18)11-12-5-1-3-7-15(12)21(23)24/h1-8,11H,9-10H2/b13-11-. The number of para-hydroxylation sites is 2. The predicted octanol–water partition coefficient (Wildman–Crippen LogP) is 3.25. The Morgan fingerprint density at radius 2 is 1.88 bits per heavy atom. The summed E-state index contributed by atoms with van der Waals surface area (Å²) < 4.78 is 2.00. The fourth-order valence-electron chi connectivity index (χ4n) is 3.14. The number of rotatable bonds is 2. The maximum absolute atomic E-state index is 12.3. The minimum absolute atomic E-state index is 0.0478.